The van der Waals surface area contributed by atoms with Crippen molar-refractivity contribution in [2.75, 3.05) is 0 Å². The van der Waals surface area contributed by atoms with E-state index in [1.807, 2.05) is 43.2 Å². The second-order valence-electron chi connectivity index (χ2n) is 2.57. The predicted molar refractivity (Wildman–Crippen MR) is 71.6 cm³/mol. The van der Waals surface area contributed by atoms with Crippen molar-refractivity contribution in [2.24, 2.45) is 0 Å². The van der Waals surface area contributed by atoms with Crippen LogP contribution < -0.4 is 0 Å². The molecule has 0 amide bonds. The molecule has 0 aromatic rings. The highest BCUT2D eigenvalue weighted by atomic mass is 33.2. The summed E-state index contributed by atoms with van der Waals surface area (Å²) in [6.07, 6.45) is 2.57. The first kappa shape index (κ1) is 10.6. The van der Waals surface area contributed by atoms with Crippen molar-refractivity contribution in [3.05, 3.63) is 0 Å². The van der Waals surface area contributed by atoms with Gasteiger partial charge in [0.15, 0.2) is 0 Å². The highest BCUT2D eigenvalue weighted by molar-refractivity contribution is 9.08. The fourth-order valence-corrected chi connectivity index (χ4v) is 11.5. The average Bonchev–Trinajstić information content (AvgIpc) is 3.00. The molecule has 0 nitrogen and oxygen atoms in total. The Morgan fingerprint density at radius 3 is 1.33 bits per heavy atom. The fourth-order valence-electron chi connectivity index (χ4n) is 0.629. The molecule has 2 fully saturated rings. The van der Waals surface area contributed by atoms with Gasteiger partial charge in [-0.15, -0.1) is 0 Å². The van der Waals surface area contributed by atoms with Crippen molar-refractivity contribution in [2.45, 2.75) is 33.5 Å². The van der Waals surface area contributed by atoms with Gasteiger partial charge in [-0.25, -0.2) is 0 Å². The number of hydrogen-bond acceptors (Lipinski definition) is 6. The molecule has 12 heavy (non-hydrogen) atoms. The molecule has 0 aliphatic carbocycles. The minimum atomic E-state index is 0.524. The Labute approximate surface area is 97.5 Å². The molecule has 0 N–H and O–H groups in total. The molecule has 0 aromatic heterocycles. The third kappa shape index (κ3) is 2.37. The molecule has 2 rings (SSSR count). The van der Waals surface area contributed by atoms with Crippen LogP contribution in [-0.4, -0.2) is 6.82 Å². The third-order valence-electron chi connectivity index (χ3n) is 1.70. The van der Waals surface area contributed by atoms with E-state index in [1.54, 1.807) is 0 Å². The monoisotopic (exact) mass is 274 g/mol. The van der Waals surface area contributed by atoms with Gasteiger partial charge >= 0.3 is 0 Å². The zero-order valence-electron chi connectivity index (χ0n) is 6.86. The van der Waals surface area contributed by atoms with Crippen LogP contribution in [0.3, 0.4) is 0 Å². The van der Waals surface area contributed by atoms with Gasteiger partial charge in [-0.1, -0.05) is 78.6 Å². The summed E-state index contributed by atoms with van der Waals surface area (Å²) in [5.74, 6) is 0. The van der Waals surface area contributed by atoms with E-state index >= 15 is 0 Å². The molecule has 2 aliphatic rings. The largest absolute Gasteiger partial charge is 0.136 e. The molecular weight excluding hydrogens is 264 g/mol. The first-order chi connectivity index (χ1) is 5.74. The Bertz CT molecular complexity index is 153. The summed E-state index contributed by atoms with van der Waals surface area (Å²) in [4.78, 5) is 0. The van der Waals surface area contributed by atoms with E-state index in [0.29, 0.717) is 6.82 Å². The van der Waals surface area contributed by atoms with Gasteiger partial charge in [0.1, 0.15) is 6.82 Å². The highest BCUT2D eigenvalue weighted by Crippen LogP contribution is 2.82. The van der Waals surface area contributed by atoms with Gasteiger partial charge in [-0.05, 0) is 12.8 Å². The first-order valence-corrected chi connectivity index (χ1v) is 10.3. The van der Waals surface area contributed by atoms with Gasteiger partial charge in [0.25, 0.3) is 0 Å². The van der Waals surface area contributed by atoms with Crippen molar-refractivity contribution in [1.82, 2.24) is 0 Å². The summed E-state index contributed by atoms with van der Waals surface area (Å²) in [7, 11) is 12.3. The lowest BCUT2D eigenvalue weighted by molar-refractivity contribution is 1.03. The van der Waals surface area contributed by atoms with Gasteiger partial charge < -0.3 is 0 Å². The minimum Gasteiger partial charge on any atom is -0.0623 e. The van der Waals surface area contributed by atoms with Crippen LogP contribution in [0.1, 0.15) is 26.7 Å². The van der Waals surface area contributed by atoms with E-state index in [1.165, 1.54) is 12.8 Å². The molecule has 0 spiro atoms. The Morgan fingerprint density at radius 2 is 1.17 bits per heavy atom. The molecule has 0 unspecified atom stereocenters. The summed E-state index contributed by atoms with van der Waals surface area (Å²) in [6, 6.07) is 0. The standard InChI is InChI=1S/C6H10S6/c1-3-5(7-8-5)11-12-6(4-2)9-10-6/h3-4H2,1-2H3. The van der Waals surface area contributed by atoms with Gasteiger partial charge in [0.2, 0.25) is 0 Å². The molecule has 70 valence electrons. The maximum Gasteiger partial charge on any atom is 0.136 e. The summed E-state index contributed by atoms with van der Waals surface area (Å²) < 4.78 is 1.05. The van der Waals surface area contributed by atoms with Crippen LogP contribution in [0.5, 0.6) is 0 Å². The Hall–Kier alpha value is 2.10. The lowest BCUT2D eigenvalue weighted by Gasteiger charge is -2.10. The molecule has 0 bridgehead atoms. The smallest absolute Gasteiger partial charge is 0.0623 e. The molecule has 6 heteroatoms. The van der Waals surface area contributed by atoms with E-state index < -0.39 is 0 Å². The van der Waals surface area contributed by atoms with Crippen LogP contribution >= 0.6 is 64.8 Å². The van der Waals surface area contributed by atoms with Gasteiger partial charge in [0, 0.05) is 0 Å². The van der Waals surface area contributed by atoms with Crippen LogP contribution in [-0.2, 0) is 0 Å². The molecule has 0 aromatic carbocycles. The predicted octanol–water partition coefficient (Wildman–Crippen LogP) is 5.29. The number of hydrogen-bond donors (Lipinski definition) is 0. The van der Waals surface area contributed by atoms with Crippen molar-refractivity contribution < 1.29 is 0 Å². The van der Waals surface area contributed by atoms with Crippen LogP contribution in [0.15, 0.2) is 0 Å². The molecule has 2 heterocycles. The quantitative estimate of drug-likeness (QED) is 0.490. The third-order valence-corrected chi connectivity index (χ3v) is 15.0. The van der Waals surface area contributed by atoms with Crippen LogP contribution in [0, 0.1) is 0 Å². The molecule has 2 aliphatic heterocycles. The van der Waals surface area contributed by atoms with Crippen molar-refractivity contribution in [1.29, 1.82) is 0 Å². The van der Waals surface area contributed by atoms with Gasteiger partial charge in [-0.2, -0.15) is 0 Å². The highest BCUT2D eigenvalue weighted by Gasteiger charge is 2.52. The van der Waals surface area contributed by atoms with Crippen molar-refractivity contribution in [3.63, 3.8) is 0 Å². The Morgan fingerprint density at radius 1 is 0.833 bits per heavy atom. The lowest BCUT2D eigenvalue weighted by Crippen LogP contribution is -1.98. The van der Waals surface area contributed by atoms with Gasteiger partial charge in [0.05, 0.1) is 0 Å². The Kier molecular flexibility index (Phi) is 3.47. The lowest BCUT2D eigenvalue weighted by atomic mass is 10.6. The van der Waals surface area contributed by atoms with Crippen molar-refractivity contribution in [3.8, 4) is 0 Å². The van der Waals surface area contributed by atoms with Crippen LogP contribution in [0.4, 0.5) is 0 Å². The molecule has 0 radical (unpaired) electrons. The Balaban J connectivity index is 1.75. The average molecular weight is 275 g/mol. The maximum atomic E-state index is 2.28. The van der Waals surface area contributed by atoms with E-state index in [-0.39, 0.29) is 0 Å². The first-order valence-electron chi connectivity index (χ1n) is 3.85. The summed E-state index contributed by atoms with van der Waals surface area (Å²) in [5, 5.41) is 0. The molecule has 2 saturated heterocycles. The minimum absolute atomic E-state index is 0.524. The van der Waals surface area contributed by atoms with E-state index in [4.69, 9.17) is 0 Å². The van der Waals surface area contributed by atoms with Gasteiger partial charge in [-0.3, -0.25) is 0 Å². The summed E-state index contributed by atoms with van der Waals surface area (Å²) in [5.41, 5.74) is 0. The van der Waals surface area contributed by atoms with E-state index in [9.17, 15) is 0 Å². The van der Waals surface area contributed by atoms with Crippen molar-refractivity contribution >= 4 is 64.8 Å². The normalized spacial score (nSPS) is 28.5. The second kappa shape index (κ2) is 3.93. The SMILES string of the molecule is CCC1(SSC2(CC)SS2)SS1. The van der Waals surface area contributed by atoms with Crippen LogP contribution in [0.2, 0.25) is 0 Å². The number of rotatable bonds is 5. The van der Waals surface area contributed by atoms with E-state index in [2.05, 4.69) is 35.4 Å². The fraction of sp³-hybridized carbons (Fsp3) is 1.00. The van der Waals surface area contributed by atoms with Crippen LogP contribution in [0.25, 0.3) is 0 Å². The zero-order valence-corrected chi connectivity index (χ0v) is 11.8. The maximum absolute atomic E-state index is 2.28. The van der Waals surface area contributed by atoms with E-state index in [0.717, 1.165) is 0 Å². The second-order valence-corrected chi connectivity index (χ2v) is 12.3. The molecule has 0 saturated carbocycles. The summed E-state index contributed by atoms with van der Waals surface area (Å²) in [6.45, 7) is 4.57. The molecular formula is C6H10S6. The molecule has 0 atom stereocenters. The topological polar surface area (TPSA) is 0 Å². The summed E-state index contributed by atoms with van der Waals surface area (Å²) >= 11 is 0. The zero-order chi connectivity index (χ0) is 8.66.